The van der Waals surface area contributed by atoms with E-state index in [1.807, 2.05) is 12.1 Å². The highest BCUT2D eigenvalue weighted by Crippen LogP contribution is 2.13. The van der Waals surface area contributed by atoms with Crippen LogP contribution < -0.4 is 5.32 Å². The summed E-state index contributed by atoms with van der Waals surface area (Å²) in [6, 6.07) is 7.55. The van der Waals surface area contributed by atoms with Gasteiger partial charge in [0.15, 0.2) is 0 Å². The summed E-state index contributed by atoms with van der Waals surface area (Å²) in [7, 11) is 6.07. The number of hydrogen-bond donors (Lipinski definition) is 2. The number of piperidine rings is 1. The lowest BCUT2D eigenvalue weighted by atomic mass is 10.0. The first-order valence-electron chi connectivity index (χ1n) is 8.61. The molecule has 24 heavy (non-hydrogen) atoms. The summed E-state index contributed by atoms with van der Waals surface area (Å²) in [4.78, 5) is 18.5. The van der Waals surface area contributed by atoms with Crippen LogP contribution in [0.25, 0.3) is 0 Å². The summed E-state index contributed by atoms with van der Waals surface area (Å²) in [6.45, 7) is 4.30. The summed E-state index contributed by atoms with van der Waals surface area (Å²) in [5.74, 6) is 0.240. The number of urea groups is 1. The van der Waals surface area contributed by atoms with Gasteiger partial charge in [-0.05, 0) is 57.7 Å². The van der Waals surface area contributed by atoms with E-state index in [2.05, 4.69) is 29.2 Å². The highest BCUT2D eigenvalue weighted by molar-refractivity contribution is 5.73. The third-order valence-electron chi connectivity index (χ3n) is 4.69. The topological polar surface area (TPSA) is 59.1 Å². The van der Waals surface area contributed by atoms with Gasteiger partial charge in [-0.15, -0.1) is 0 Å². The maximum atomic E-state index is 12.1. The van der Waals surface area contributed by atoms with Crippen LogP contribution in [0.15, 0.2) is 24.3 Å². The van der Waals surface area contributed by atoms with Gasteiger partial charge in [-0.1, -0.05) is 12.1 Å². The van der Waals surface area contributed by atoms with E-state index in [1.54, 1.807) is 24.1 Å². The van der Waals surface area contributed by atoms with Crippen LogP contribution in [0.5, 0.6) is 5.75 Å². The molecule has 1 aromatic carbocycles. The molecule has 2 amide bonds. The van der Waals surface area contributed by atoms with Crippen molar-refractivity contribution in [2.24, 2.45) is 0 Å². The molecule has 2 rings (SSSR count). The monoisotopic (exact) mass is 334 g/mol. The Bertz CT molecular complexity index is 510. The van der Waals surface area contributed by atoms with E-state index in [-0.39, 0.29) is 11.8 Å². The van der Waals surface area contributed by atoms with Gasteiger partial charge in [-0.3, -0.25) is 0 Å². The third kappa shape index (κ3) is 5.69. The van der Waals surface area contributed by atoms with Crippen molar-refractivity contribution in [2.75, 3.05) is 47.3 Å². The van der Waals surface area contributed by atoms with Gasteiger partial charge < -0.3 is 25.1 Å². The Labute approximate surface area is 145 Å². The average molecular weight is 334 g/mol. The van der Waals surface area contributed by atoms with Crippen molar-refractivity contribution in [3.8, 4) is 5.75 Å². The van der Waals surface area contributed by atoms with Gasteiger partial charge in [0.2, 0.25) is 0 Å². The Morgan fingerprint density at radius 2 is 1.83 bits per heavy atom. The Morgan fingerprint density at radius 3 is 2.42 bits per heavy atom. The van der Waals surface area contributed by atoms with E-state index in [9.17, 15) is 9.90 Å². The fraction of sp³-hybridized carbons (Fsp3) is 0.611. The molecule has 0 spiro atoms. The molecule has 0 atom stereocenters. The summed E-state index contributed by atoms with van der Waals surface area (Å²) in [6.07, 6.45) is 2.39. The predicted octanol–water partition coefficient (Wildman–Crippen LogP) is 1.56. The standard InChI is InChI=1S/C18H30N4O2/c1-20(2)16-8-11-22(12-9-16)13-10-19-18(24)21(3)14-15-4-6-17(23)7-5-15/h4-7,16,23H,8-14H2,1-3H3,(H,19,24). The second-order valence-electron chi connectivity index (χ2n) is 6.79. The van der Waals surface area contributed by atoms with E-state index in [0.717, 1.165) is 25.2 Å². The molecule has 6 nitrogen and oxygen atoms in total. The number of phenolic OH excluding ortho intramolecular Hbond substituents is 1. The van der Waals surface area contributed by atoms with Crippen LogP contribution in [-0.2, 0) is 6.54 Å². The molecule has 0 saturated carbocycles. The second kappa shape index (κ2) is 8.89. The fourth-order valence-electron chi connectivity index (χ4n) is 3.06. The smallest absolute Gasteiger partial charge is 0.317 e. The minimum absolute atomic E-state index is 0.0637. The number of nitrogens with one attached hydrogen (secondary N) is 1. The Hall–Kier alpha value is -1.79. The zero-order valence-electron chi connectivity index (χ0n) is 15.0. The van der Waals surface area contributed by atoms with Crippen molar-refractivity contribution < 1.29 is 9.90 Å². The molecule has 0 bridgehead atoms. The van der Waals surface area contributed by atoms with E-state index in [4.69, 9.17) is 0 Å². The van der Waals surface area contributed by atoms with Crippen molar-refractivity contribution in [2.45, 2.75) is 25.4 Å². The molecule has 6 heteroatoms. The zero-order chi connectivity index (χ0) is 17.5. The number of rotatable bonds is 6. The van der Waals surface area contributed by atoms with Crippen LogP contribution in [0.2, 0.25) is 0 Å². The molecule has 0 aromatic heterocycles. The molecule has 0 unspecified atom stereocenters. The summed E-state index contributed by atoms with van der Waals surface area (Å²) >= 11 is 0. The number of hydrogen-bond acceptors (Lipinski definition) is 4. The van der Waals surface area contributed by atoms with Gasteiger partial charge in [0.25, 0.3) is 0 Å². The molecule has 1 aliphatic heterocycles. The number of amides is 2. The van der Waals surface area contributed by atoms with Gasteiger partial charge in [0, 0.05) is 32.7 Å². The van der Waals surface area contributed by atoms with Gasteiger partial charge in [-0.2, -0.15) is 0 Å². The van der Waals surface area contributed by atoms with Gasteiger partial charge in [0.1, 0.15) is 5.75 Å². The summed E-state index contributed by atoms with van der Waals surface area (Å²) in [5.41, 5.74) is 0.996. The van der Waals surface area contributed by atoms with Crippen LogP contribution >= 0.6 is 0 Å². The van der Waals surface area contributed by atoms with Crippen molar-refractivity contribution in [3.63, 3.8) is 0 Å². The minimum atomic E-state index is -0.0637. The molecule has 0 radical (unpaired) electrons. The number of nitrogens with zero attached hydrogens (tertiary/aromatic N) is 3. The third-order valence-corrected chi connectivity index (χ3v) is 4.69. The zero-order valence-corrected chi connectivity index (χ0v) is 15.0. The molecular formula is C18H30N4O2. The summed E-state index contributed by atoms with van der Waals surface area (Å²) < 4.78 is 0. The van der Waals surface area contributed by atoms with Crippen LogP contribution in [-0.4, -0.2) is 79.2 Å². The van der Waals surface area contributed by atoms with Crippen LogP contribution in [0.1, 0.15) is 18.4 Å². The maximum absolute atomic E-state index is 12.1. The first-order chi connectivity index (χ1) is 11.5. The number of phenols is 1. The highest BCUT2D eigenvalue weighted by Gasteiger charge is 2.20. The van der Waals surface area contributed by atoms with E-state index < -0.39 is 0 Å². The van der Waals surface area contributed by atoms with Crippen LogP contribution in [0.4, 0.5) is 4.79 Å². The van der Waals surface area contributed by atoms with Crippen LogP contribution in [0, 0.1) is 0 Å². The number of carbonyl (C=O) groups is 1. The highest BCUT2D eigenvalue weighted by atomic mass is 16.3. The van der Waals surface area contributed by atoms with Gasteiger partial charge in [0.05, 0.1) is 0 Å². The largest absolute Gasteiger partial charge is 0.508 e. The van der Waals surface area contributed by atoms with Crippen molar-refractivity contribution >= 4 is 6.03 Å². The SMILES string of the molecule is CN(Cc1ccc(O)cc1)C(=O)NCCN1CCC(N(C)C)CC1. The van der Waals surface area contributed by atoms with Crippen LogP contribution in [0.3, 0.4) is 0 Å². The molecule has 1 aromatic rings. The number of aromatic hydroxyl groups is 1. The predicted molar refractivity (Wildman–Crippen MR) is 96.1 cm³/mol. The van der Waals surface area contributed by atoms with Crippen molar-refractivity contribution in [1.29, 1.82) is 0 Å². The molecule has 1 heterocycles. The minimum Gasteiger partial charge on any atom is -0.508 e. The molecule has 1 saturated heterocycles. The average Bonchev–Trinajstić information content (AvgIpc) is 2.57. The lowest BCUT2D eigenvalue weighted by molar-refractivity contribution is 0.144. The normalized spacial score (nSPS) is 16.3. The number of benzene rings is 1. The Balaban J connectivity index is 1.65. The summed E-state index contributed by atoms with van der Waals surface area (Å²) in [5, 5.41) is 12.3. The lowest BCUT2D eigenvalue weighted by Crippen LogP contribution is -2.45. The van der Waals surface area contributed by atoms with Gasteiger partial charge in [-0.25, -0.2) is 4.79 Å². The first-order valence-corrected chi connectivity index (χ1v) is 8.61. The van der Waals surface area contributed by atoms with Crippen molar-refractivity contribution in [3.05, 3.63) is 29.8 Å². The maximum Gasteiger partial charge on any atom is 0.317 e. The quantitative estimate of drug-likeness (QED) is 0.829. The lowest BCUT2D eigenvalue weighted by Gasteiger charge is -2.35. The number of carbonyl (C=O) groups excluding carboxylic acids is 1. The van der Waals surface area contributed by atoms with Crippen molar-refractivity contribution in [1.82, 2.24) is 20.0 Å². The second-order valence-corrected chi connectivity index (χ2v) is 6.79. The molecule has 1 fully saturated rings. The van der Waals surface area contributed by atoms with E-state index in [0.29, 0.717) is 19.1 Å². The Morgan fingerprint density at radius 1 is 1.21 bits per heavy atom. The van der Waals surface area contributed by atoms with E-state index >= 15 is 0 Å². The molecule has 2 N–H and O–H groups in total. The van der Waals surface area contributed by atoms with E-state index in [1.165, 1.54) is 12.8 Å². The molecule has 0 aliphatic carbocycles. The first kappa shape index (κ1) is 18.5. The number of likely N-dealkylation sites (tertiary alicyclic amines) is 1. The molecule has 134 valence electrons. The molecular weight excluding hydrogens is 304 g/mol. The van der Waals surface area contributed by atoms with Gasteiger partial charge >= 0.3 is 6.03 Å². The Kier molecular flexibility index (Phi) is 6.87. The molecule has 1 aliphatic rings. The fourth-order valence-corrected chi connectivity index (χ4v) is 3.06.